The smallest absolute Gasteiger partial charge is 0.124 e. The zero-order chi connectivity index (χ0) is 29.2. The molecule has 1 aliphatic heterocycles. The van der Waals surface area contributed by atoms with E-state index in [4.69, 9.17) is 9.53 Å². The third-order valence-corrected chi connectivity index (χ3v) is 6.76. The van der Waals surface area contributed by atoms with Crippen LogP contribution in [0, 0.1) is 5.92 Å². The highest BCUT2D eigenvalue weighted by atomic mass is 79.9. The molecule has 0 radical (unpaired) electrons. The van der Waals surface area contributed by atoms with Crippen molar-refractivity contribution in [3.8, 4) is 0 Å². The fourth-order valence-electron chi connectivity index (χ4n) is 4.32. The maximum absolute atomic E-state index is 9.43. The van der Waals surface area contributed by atoms with Gasteiger partial charge in [0.2, 0.25) is 0 Å². The van der Waals surface area contributed by atoms with Crippen LogP contribution < -0.4 is 5.32 Å². The number of halogens is 1. The Bertz CT molecular complexity index is 978. The van der Waals surface area contributed by atoms with Crippen LogP contribution in [0.4, 0.5) is 5.69 Å². The number of benzene rings is 2. The van der Waals surface area contributed by atoms with Crippen molar-refractivity contribution in [2.75, 3.05) is 32.0 Å². The lowest BCUT2D eigenvalue weighted by Crippen LogP contribution is -2.34. The fraction of sp³-hybridized carbons (Fsp3) is 0.485. The summed E-state index contributed by atoms with van der Waals surface area (Å²) in [4.78, 5) is 10.6. The average molecular weight is 602 g/mol. The maximum Gasteiger partial charge on any atom is 0.124 e. The summed E-state index contributed by atoms with van der Waals surface area (Å²) in [5, 5.41) is 12.7. The van der Waals surface area contributed by atoms with Crippen molar-refractivity contribution >= 4 is 28.4 Å². The largest absolute Gasteiger partial charge is 0.490 e. The van der Waals surface area contributed by atoms with Crippen molar-refractivity contribution in [3.63, 3.8) is 0 Å². The second-order valence-electron chi connectivity index (χ2n) is 10.6. The Hall–Kier alpha value is -2.41. The van der Waals surface area contributed by atoms with E-state index >= 15 is 0 Å². The van der Waals surface area contributed by atoms with Gasteiger partial charge in [-0.15, -0.1) is 0 Å². The van der Waals surface area contributed by atoms with Crippen molar-refractivity contribution in [3.05, 3.63) is 88.1 Å². The number of aliphatic hydroxyl groups is 1. The van der Waals surface area contributed by atoms with Crippen molar-refractivity contribution in [2.45, 2.75) is 72.0 Å². The maximum atomic E-state index is 9.43. The molecule has 5 nitrogen and oxygen atoms in total. The lowest BCUT2D eigenvalue weighted by atomic mass is 9.89. The summed E-state index contributed by atoms with van der Waals surface area (Å²) in [5.41, 5.74) is 3.82. The first-order valence-electron chi connectivity index (χ1n) is 13.9. The Morgan fingerprint density at radius 2 is 1.74 bits per heavy atom. The first kappa shape index (κ1) is 34.6. The SMILES string of the molecule is C=O.CC(C)C.CNc1cccc(C2CCN(CCC(O/C(C)=C/C=C\C(C)O)c3ccc(Br)cc3)CC2)c1. The molecule has 0 bridgehead atoms. The van der Waals surface area contributed by atoms with Gasteiger partial charge in [-0.2, -0.15) is 0 Å². The van der Waals surface area contributed by atoms with Gasteiger partial charge in [-0.3, -0.25) is 0 Å². The molecule has 2 aromatic carbocycles. The van der Waals surface area contributed by atoms with Crippen LogP contribution in [-0.4, -0.2) is 49.6 Å². The molecule has 2 atom stereocenters. The molecule has 216 valence electrons. The summed E-state index contributed by atoms with van der Waals surface area (Å²) in [5.74, 6) is 2.32. The van der Waals surface area contributed by atoms with E-state index in [1.54, 1.807) is 13.0 Å². The van der Waals surface area contributed by atoms with E-state index in [-0.39, 0.29) is 6.10 Å². The lowest BCUT2D eigenvalue weighted by molar-refractivity contribution is -0.0980. The number of carbonyl (C=O) groups excluding carboxylic acids is 1. The Balaban J connectivity index is 0.00000116. The van der Waals surface area contributed by atoms with Crippen LogP contribution in [0.5, 0.6) is 0 Å². The van der Waals surface area contributed by atoms with Crippen molar-refractivity contribution in [1.82, 2.24) is 4.90 Å². The minimum atomic E-state index is -0.458. The van der Waals surface area contributed by atoms with Crippen molar-refractivity contribution in [2.24, 2.45) is 5.92 Å². The molecule has 1 fully saturated rings. The summed E-state index contributed by atoms with van der Waals surface area (Å²) < 4.78 is 7.42. The number of allylic oxidation sites excluding steroid dienone is 3. The van der Waals surface area contributed by atoms with Gasteiger partial charge in [0.25, 0.3) is 0 Å². The van der Waals surface area contributed by atoms with E-state index in [0.717, 1.165) is 42.2 Å². The summed E-state index contributed by atoms with van der Waals surface area (Å²) in [6.07, 6.45) is 8.39. The molecular formula is C33H49BrN2O3. The number of rotatable bonds is 10. The van der Waals surface area contributed by atoms with Gasteiger partial charge in [0.1, 0.15) is 12.9 Å². The molecule has 1 heterocycles. The Kier molecular flexibility index (Phi) is 17.4. The number of hydrogen-bond donors (Lipinski definition) is 2. The van der Waals surface area contributed by atoms with Crippen LogP contribution in [-0.2, 0) is 9.53 Å². The molecule has 0 amide bonds. The highest BCUT2D eigenvalue weighted by Gasteiger charge is 2.22. The molecule has 6 heteroatoms. The van der Waals surface area contributed by atoms with E-state index in [1.165, 1.54) is 29.7 Å². The number of nitrogens with one attached hydrogen (secondary N) is 1. The van der Waals surface area contributed by atoms with Gasteiger partial charge < -0.3 is 24.9 Å². The van der Waals surface area contributed by atoms with Gasteiger partial charge in [0.05, 0.1) is 11.9 Å². The van der Waals surface area contributed by atoms with Gasteiger partial charge in [0.15, 0.2) is 0 Å². The van der Waals surface area contributed by atoms with Gasteiger partial charge in [-0.25, -0.2) is 0 Å². The number of carbonyl (C=O) groups is 1. The molecule has 2 N–H and O–H groups in total. The molecule has 0 saturated carbocycles. The fourth-order valence-corrected chi connectivity index (χ4v) is 4.59. The summed E-state index contributed by atoms with van der Waals surface area (Å²) in [6.45, 7) is 15.5. The molecular weight excluding hydrogens is 552 g/mol. The minimum absolute atomic E-state index is 0.000617. The van der Waals surface area contributed by atoms with Crippen molar-refractivity contribution < 1.29 is 14.6 Å². The monoisotopic (exact) mass is 600 g/mol. The first-order chi connectivity index (χ1) is 18.7. The number of piperidine rings is 1. The summed E-state index contributed by atoms with van der Waals surface area (Å²) >= 11 is 3.53. The third kappa shape index (κ3) is 14.5. The molecule has 0 spiro atoms. The number of ether oxygens (including phenoxy) is 1. The van der Waals surface area contributed by atoms with Crippen LogP contribution in [0.2, 0.25) is 0 Å². The Morgan fingerprint density at radius 3 is 2.31 bits per heavy atom. The van der Waals surface area contributed by atoms with E-state index in [2.05, 4.69) is 95.4 Å². The van der Waals surface area contributed by atoms with Crippen molar-refractivity contribution in [1.29, 1.82) is 0 Å². The van der Waals surface area contributed by atoms with Crippen LogP contribution in [0.25, 0.3) is 0 Å². The number of anilines is 1. The summed E-state index contributed by atoms with van der Waals surface area (Å²) in [7, 11) is 1.98. The molecule has 0 aromatic heterocycles. The Labute approximate surface area is 245 Å². The minimum Gasteiger partial charge on any atom is -0.490 e. The number of nitrogens with zero attached hydrogens (tertiary/aromatic N) is 1. The quantitative estimate of drug-likeness (QED) is 0.213. The summed E-state index contributed by atoms with van der Waals surface area (Å²) in [6, 6.07) is 17.2. The van der Waals surface area contributed by atoms with E-state index in [9.17, 15) is 5.11 Å². The standard InChI is InChI=1S/C28H37BrN2O2.C4H10.CH2O/c1-21(32)6-4-7-22(2)33-28(24-10-12-26(29)13-11-24)16-19-31-17-14-23(15-18-31)25-8-5-9-27(20-25)30-3;1-4(2)3;1-2/h4-13,20-21,23,28,30,32H,14-19H2,1-3H3;4H,1-3H3;1H2/b6-4-,22-7+;;. The van der Waals surface area contributed by atoms with Crippen LogP contribution in [0.3, 0.4) is 0 Å². The topological polar surface area (TPSA) is 61.8 Å². The third-order valence-electron chi connectivity index (χ3n) is 6.23. The Morgan fingerprint density at radius 1 is 1.13 bits per heavy atom. The van der Waals surface area contributed by atoms with Crippen LogP contribution in [0.1, 0.15) is 77.0 Å². The highest BCUT2D eigenvalue weighted by molar-refractivity contribution is 9.10. The predicted molar refractivity (Wildman–Crippen MR) is 169 cm³/mol. The predicted octanol–water partition coefficient (Wildman–Crippen LogP) is 8.14. The van der Waals surface area contributed by atoms with Gasteiger partial charge in [-0.1, -0.05) is 73.1 Å². The second-order valence-corrected chi connectivity index (χ2v) is 11.5. The zero-order valence-electron chi connectivity index (χ0n) is 24.7. The normalized spacial score (nSPS) is 16.1. The van der Waals surface area contributed by atoms with Crippen LogP contribution >= 0.6 is 15.9 Å². The number of likely N-dealkylation sites (tertiary alicyclic amines) is 1. The molecule has 0 aliphatic carbocycles. The number of hydrogen-bond acceptors (Lipinski definition) is 5. The van der Waals surface area contributed by atoms with Crippen LogP contribution in [0.15, 0.2) is 77.0 Å². The zero-order valence-corrected chi connectivity index (χ0v) is 26.3. The lowest BCUT2D eigenvalue weighted by Gasteiger charge is -2.33. The highest BCUT2D eigenvalue weighted by Crippen LogP contribution is 2.31. The number of aliphatic hydroxyl groups excluding tert-OH is 1. The average Bonchev–Trinajstić information content (AvgIpc) is 2.92. The molecule has 2 unspecified atom stereocenters. The van der Waals surface area contributed by atoms with Gasteiger partial charge >= 0.3 is 0 Å². The molecule has 1 aliphatic rings. The molecule has 39 heavy (non-hydrogen) atoms. The molecule has 2 aromatic rings. The first-order valence-corrected chi connectivity index (χ1v) is 14.7. The molecule has 1 saturated heterocycles. The van der Waals surface area contributed by atoms with Gasteiger partial charge in [0, 0.05) is 30.2 Å². The van der Waals surface area contributed by atoms with E-state index in [1.807, 2.05) is 32.9 Å². The second kappa shape index (κ2) is 19.6. The van der Waals surface area contributed by atoms with E-state index < -0.39 is 6.10 Å². The van der Waals surface area contributed by atoms with Gasteiger partial charge in [-0.05, 0) is 93.1 Å². The molecule has 3 rings (SSSR count). The van der Waals surface area contributed by atoms with E-state index in [0.29, 0.717) is 5.92 Å².